The van der Waals surface area contributed by atoms with Crippen LogP contribution in [-0.4, -0.2) is 10.7 Å². The van der Waals surface area contributed by atoms with Crippen LogP contribution < -0.4 is 0 Å². The molecule has 4 aliphatic rings. The average molecular weight is 301 g/mol. The number of rotatable bonds is 0. The van der Waals surface area contributed by atoms with E-state index < -0.39 is 5.60 Å². The highest BCUT2D eigenvalue weighted by atomic mass is 16.3. The lowest BCUT2D eigenvalue weighted by atomic mass is 9.44. The lowest BCUT2D eigenvalue weighted by Crippen LogP contribution is -2.55. The van der Waals surface area contributed by atoms with Gasteiger partial charge in [0.2, 0.25) is 0 Å². The second kappa shape index (κ2) is 4.73. The van der Waals surface area contributed by atoms with Crippen LogP contribution in [0, 0.1) is 45.8 Å². The van der Waals surface area contributed by atoms with Gasteiger partial charge in [0.25, 0.3) is 0 Å². The zero-order valence-electron chi connectivity index (χ0n) is 14.3. The summed E-state index contributed by atoms with van der Waals surface area (Å²) in [6.07, 6.45) is 12.6. The van der Waals surface area contributed by atoms with E-state index in [1.165, 1.54) is 44.9 Å². The van der Waals surface area contributed by atoms with Crippen LogP contribution in [0.15, 0.2) is 0 Å². The third-order valence-electron chi connectivity index (χ3n) is 8.92. The lowest BCUT2D eigenvalue weighted by Gasteiger charge is -2.60. The first-order chi connectivity index (χ1) is 10.4. The fraction of sp³-hybridized carbons (Fsp3) is 0.950. The summed E-state index contributed by atoms with van der Waals surface area (Å²) in [5.41, 5.74) is -0.663. The fourth-order valence-electron chi connectivity index (χ4n) is 7.49. The molecule has 2 heteroatoms. The van der Waals surface area contributed by atoms with Crippen molar-refractivity contribution in [2.24, 2.45) is 34.5 Å². The topological polar surface area (TPSA) is 44.0 Å². The summed E-state index contributed by atoms with van der Waals surface area (Å²) in [5, 5.41) is 20.4. The minimum atomic E-state index is -1.06. The van der Waals surface area contributed by atoms with Crippen molar-refractivity contribution in [2.75, 3.05) is 0 Å². The molecular formula is C20H31NO. The van der Waals surface area contributed by atoms with Gasteiger partial charge in [-0.1, -0.05) is 26.7 Å². The summed E-state index contributed by atoms with van der Waals surface area (Å²) in [5.74, 6) is 3.14. The standard InChI is InChI=1S/C20H31NO/c1-18-10-4-3-5-14(18)6-7-15-16(18)8-11-19(2)17(15)9-12-20(19,22)13-21/h14-17,22H,3-12H2,1-2H3/t14-,15+,16-,17-,18-,19-,20+/m0/s1. The quantitative estimate of drug-likeness (QED) is 0.661. The van der Waals surface area contributed by atoms with Gasteiger partial charge in [-0.2, -0.15) is 5.26 Å². The Morgan fingerprint density at radius 3 is 2.45 bits per heavy atom. The molecule has 22 heavy (non-hydrogen) atoms. The molecule has 0 spiro atoms. The third kappa shape index (κ3) is 1.70. The third-order valence-corrected chi connectivity index (χ3v) is 8.92. The van der Waals surface area contributed by atoms with Crippen molar-refractivity contribution < 1.29 is 5.11 Å². The molecule has 0 aliphatic heterocycles. The van der Waals surface area contributed by atoms with Gasteiger partial charge in [-0.15, -0.1) is 0 Å². The summed E-state index contributed by atoms with van der Waals surface area (Å²) in [7, 11) is 0. The Morgan fingerprint density at radius 2 is 1.68 bits per heavy atom. The summed E-state index contributed by atoms with van der Waals surface area (Å²) in [6, 6.07) is 2.30. The average Bonchev–Trinajstić information content (AvgIpc) is 2.79. The van der Waals surface area contributed by atoms with Crippen LogP contribution in [-0.2, 0) is 0 Å². The number of nitrogens with zero attached hydrogens (tertiary/aromatic N) is 1. The highest BCUT2D eigenvalue weighted by Gasteiger charge is 2.64. The van der Waals surface area contributed by atoms with Gasteiger partial charge in [0, 0.05) is 5.41 Å². The van der Waals surface area contributed by atoms with Crippen molar-refractivity contribution in [1.82, 2.24) is 0 Å². The molecule has 4 rings (SSSR count). The molecular weight excluding hydrogens is 270 g/mol. The van der Waals surface area contributed by atoms with E-state index in [2.05, 4.69) is 19.9 Å². The van der Waals surface area contributed by atoms with Crippen LogP contribution in [0.3, 0.4) is 0 Å². The first-order valence-electron chi connectivity index (χ1n) is 9.58. The van der Waals surface area contributed by atoms with E-state index in [1.807, 2.05) is 0 Å². The second-order valence-electron chi connectivity index (χ2n) is 9.37. The molecule has 0 aromatic carbocycles. The molecule has 0 radical (unpaired) electrons. The van der Waals surface area contributed by atoms with E-state index in [-0.39, 0.29) is 5.41 Å². The summed E-state index contributed by atoms with van der Waals surface area (Å²) in [4.78, 5) is 0. The van der Waals surface area contributed by atoms with Crippen LogP contribution >= 0.6 is 0 Å². The molecule has 0 amide bonds. The Labute approximate surface area is 135 Å². The zero-order chi connectivity index (χ0) is 15.6. The maximum absolute atomic E-state index is 10.9. The largest absolute Gasteiger partial charge is 0.375 e. The zero-order valence-corrected chi connectivity index (χ0v) is 14.3. The monoisotopic (exact) mass is 301 g/mol. The Bertz CT molecular complexity index is 510. The van der Waals surface area contributed by atoms with E-state index in [9.17, 15) is 10.4 Å². The minimum Gasteiger partial charge on any atom is -0.375 e. The Kier molecular flexibility index (Phi) is 3.22. The molecule has 4 saturated carbocycles. The molecule has 0 unspecified atom stereocenters. The smallest absolute Gasteiger partial charge is 0.156 e. The van der Waals surface area contributed by atoms with Gasteiger partial charge >= 0.3 is 0 Å². The Hall–Kier alpha value is -0.550. The number of hydrogen-bond donors (Lipinski definition) is 1. The maximum Gasteiger partial charge on any atom is 0.156 e. The van der Waals surface area contributed by atoms with E-state index in [4.69, 9.17) is 0 Å². The number of nitriles is 1. The highest BCUT2D eigenvalue weighted by Crippen LogP contribution is 2.68. The van der Waals surface area contributed by atoms with Crippen molar-refractivity contribution in [3.05, 3.63) is 0 Å². The Morgan fingerprint density at radius 1 is 0.909 bits per heavy atom. The summed E-state index contributed by atoms with van der Waals surface area (Å²) < 4.78 is 0. The number of hydrogen-bond acceptors (Lipinski definition) is 2. The highest BCUT2D eigenvalue weighted by molar-refractivity contribution is 5.20. The first-order valence-corrected chi connectivity index (χ1v) is 9.58. The van der Waals surface area contributed by atoms with Crippen LogP contribution in [0.2, 0.25) is 0 Å². The maximum atomic E-state index is 10.9. The van der Waals surface area contributed by atoms with Crippen molar-refractivity contribution in [3.63, 3.8) is 0 Å². The second-order valence-corrected chi connectivity index (χ2v) is 9.37. The van der Waals surface area contributed by atoms with Gasteiger partial charge in [-0.3, -0.25) is 0 Å². The van der Waals surface area contributed by atoms with Crippen molar-refractivity contribution in [2.45, 2.75) is 83.7 Å². The van der Waals surface area contributed by atoms with E-state index in [1.54, 1.807) is 0 Å². The molecule has 122 valence electrons. The van der Waals surface area contributed by atoms with Gasteiger partial charge in [0.05, 0.1) is 6.07 Å². The van der Waals surface area contributed by atoms with Gasteiger partial charge in [0.15, 0.2) is 5.60 Å². The molecule has 0 heterocycles. The molecule has 7 atom stereocenters. The van der Waals surface area contributed by atoms with Gasteiger partial charge in [-0.05, 0) is 80.5 Å². The molecule has 0 bridgehead atoms. The van der Waals surface area contributed by atoms with Crippen LogP contribution in [0.4, 0.5) is 0 Å². The molecule has 4 fully saturated rings. The number of aliphatic hydroxyl groups is 1. The normalized spacial score (nSPS) is 57.4. The molecule has 4 aliphatic carbocycles. The molecule has 0 aromatic heterocycles. The minimum absolute atomic E-state index is 0.152. The van der Waals surface area contributed by atoms with Crippen molar-refractivity contribution in [1.29, 1.82) is 5.26 Å². The number of fused-ring (bicyclic) bond motifs is 5. The fourth-order valence-corrected chi connectivity index (χ4v) is 7.49. The van der Waals surface area contributed by atoms with Crippen LogP contribution in [0.1, 0.15) is 78.1 Å². The summed E-state index contributed by atoms with van der Waals surface area (Å²) >= 11 is 0. The van der Waals surface area contributed by atoms with Crippen molar-refractivity contribution in [3.8, 4) is 6.07 Å². The van der Waals surface area contributed by atoms with E-state index >= 15 is 0 Å². The predicted molar refractivity (Wildman–Crippen MR) is 86.9 cm³/mol. The molecule has 1 N–H and O–H groups in total. The predicted octanol–water partition coefficient (Wildman–Crippen LogP) is 4.67. The van der Waals surface area contributed by atoms with E-state index in [0.717, 1.165) is 30.6 Å². The van der Waals surface area contributed by atoms with Gasteiger partial charge < -0.3 is 5.11 Å². The van der Waals surface area contributed by atoms with Gasteiger partial charge in [-0.25, -0.2) is 0 Å². The SMILES string of the molecule is C[C@]12CCCC[C@H]1CC[C@@H]1[C@@H]2CC[C@@]2(C)[C@H]1CC[C@@]2(O)C#N. The Balaban J connectivity index is 1.67. The van der Waals surface area contributed by atoms with E-state index in [0.29, 0.717) is 17.8 Å². The first kappa shape index (κ1) is 15.0. The summed E-state index contributed by atoms with van der Waals surface area (Å²) in [6.45, 7) is 4.81. The van der Waals surface area contributed by atoms with Crippen LogP contribution in [0.5, 0.6) is 0 Å². The molecule has 0 aromatic rings. The molecule has 0 saturated heterocycles. The van der Waals surface area contributed by atoms with Crippen LogP contribution in [0.25, 0.3) is 0 Å². The lowest BCUT2D eigenvalue weighted by molar-refractivity contribution is -0.135. The molecule has 2 nitrogen and oxygen atoms in total. The van der Waals surface area contributed by atoms with Gasteiger partial charge in [0.1, 0.15) is 0 Å². The van der Waals surface area contributed by atoms with Crippen molar-refractivity contribution >= 4 is 0 Å².